The Morgan fingerprint density at radius 1 is 1.37 bits per heavy atom. The molecule has 0 fully saturated rings. The zero-order valence-electron chi connectivity index (χ0n) is 11.0. The summed E-state index contributed by atoms with van der Waals surface area (Å²) in [6.07, 6.45) is 1.48. The lowest BCUT2D eigenvalue weighted by Crippen LogP contribution is -2.29. The van der Waals surface area contributed by atoms with E-state index >= 15 is 0 Å². The maximum Gasteiger partial charge on any atom is 0.321 e. The van der Waals surface area contributed by atoms with Crippen molar-refractivity contribution in [2.45, 2.75) is 0 Å². The molecule has 2 N–H and O–H groups in total. The number of ether oxygens (including phenoxy) is 1. The Morgan fingerprint density at radius 2 is 2.11 bits per heavy atom. The topological polar surface area (TPSA) is 74.4 Å². The van der Waals surface area contributed by atoms with Crippen LogP contribution in [0.3, 0.4) is 0 Å². The van der Waals surface area contributed by atoms with E-state index in [1.165, 1.54) is 18.2 Å². The largest absolute Gasteiger partial charge is 0.497 e. The van der Waals surface area contributed by atoms with Crippen LogP contribution in [0.15, 0.2) is 29.2 Å². The van der Waals surface area contributed by atoms with Gasteiger partial charge in [-0.2, -0.15) is 0 Å². The van der Waals surface area contributed by atoms with Crippen LogP contribution in [0.5, 0.6) is 5.75 Å². The van der Waals surface area contributed by atoms with Gasteiger partial charge in [-0.3, -0.25) is 4.79 Å². The molecular weight excluding hydrogens is 246 g/mol. The molecule has 1 aromatic heterocycles. The van der Waals surface area contributed by atoms with Gasteiger partial charge in [0.25, 0.3) is 0 Å². The summed E-state index contributed by atoms with van der Waals surface area (Å²) in [6.45, 7) is 0. The van der Waals surface area contributed by atoms with E-state index in [9.17, 15) is 9.59 Å². The molecule has 0 radical (unpaired) electrons. The summed E-state index contributed by atoms with van der Waals surface area (Å²) < 4.78 is 5.09. The van der Waals surface area contributed by atoms with Gasteiger partial charge in [-0.15, -0.1) is 0 Å². The Hall–Kier alpha value is -2.50. The quantitative estimate of drug-likeness (QED) is 0.862. The molecule has 6 nitrogen and oxygen atoms in total. The van der Waals surface area contributed by atoms with Crippen LogP contribution in [0, 0.1) is 0 Å². The molecule has 0 saturated carbocycles. The van der Waals surface area contributed by atoms with E-state index in [1.807, 2.05) is 0 Å². The number of aromatic nitrogens is 1. The number of hydrogen-bond donors (Lipinski definition) is 2. The first kappa shape index (κ1) is 12.9. The normalized spacial score (nSPS) is 10.3. The van der Waals surface area contributed by atoms with E-state index in [4.69, 9.17) is 4.74 Å². The molecule has 0 spiro atoms. The number of carbonyl (C=O) groups is 1. The minimum atomic E-state index is -0.354. The summed E-state index contributed by atoms with van der Waals surface area (Å²) in [7, 11) is 4.74. The van der Waals surface area contributed by atoms with E-state index in [2.05, 4.69) is 10.3 Å². The molecule has 0 bridgehead atoms. The molecule has 0 aliphatic rings. The van der Waals surface area contributed by atoms with E-state index < -0.39 is 0 Å². The predicted octanol–water partition coefficient (Wildman–Crippen LogP) is 1.63. The summed E-state index contributed by atoms with van der Waals surface area (Å²) >= 11 is 0. The number of anilines is 1. The third-order valence-electron chi connectivity index (χ3n) is 2.74. The minimum absolute atomic E-state index is 0.208. The molecular formula is C13H15N3O3. The second-order valence-corrected chi connectivity index (χ2v) is 4.27. The van der Waals surface area contributed by atoms with Gasteiger partial charge in [-0.05, 0) is 18.2 Å². The fourth-order valence-corrected chi connectivity index (χ4v) is 1.64. The van der Waals surface area contributed by atoms with Crippen LogP contribution >= 0.6 is 0 Å². The lowest BCUT2D eigenvalue weighted by molar-refractivity contribution is 0.230. The second-order valence-electron chi connectivity index (χ2n) is 4.27. The number of aromatic amines is 1. The summed E-state index contributed by atoms with van der Waals surface area (Å²) in [4.78, 5) is 28.1. The van der Waals surface area contributed by atoms with Gasteiger partial charge in [0.15, 0.2) is 0 Å². The number of hydrogen-bond acceptors (Lipinski definition) is 3. The highest BCUT2D eigenvalue weighted by molar-refractivity contribution is 5.91. The zero-order valence-corrected chi connectivity index (χ0v) is 11.0. The highest BCUT2D eigenvalue weighted by atomic mass is 16.5. The number of amides is 2. The Kier molecular flexibility index (Phi) is 3.41. The minimum Gasteiger partial charge on any atom is -0.497 e. The van der Waals surface area contributed by atoms with Gasteiger partial charge in [0, 0.05) is 25.8 Å². The van der Waals surface area contributed by atoms with Gasteiger partial charge < -0.3 is 19.9 Å². The van der Waals surface area contributed by atoms with Crippen LogP contribution in [0.2, 0.25) is 0 Å². The molecule has 0 atom stereocenters. The van der Waals surface area contributed by atoms with Crippen LogP contribution in [0.4, 0.5) is 10.5 Å². The number of carbonyl (C=O) groups excluding carboxylic acids is 1. The fraction of sp³-hybridized carbons (Fsp3) is 0.231. The highest BCUT2D eigenvalue weighted by Crippen LogP contribution is 2.17. The van der Waals surface area contributed by atoms with Crippen molar-refractivity contribution in [1.82, 2.24) is 9.88 Å². The molecule has 2 aromatic rings. The summed E-state index contributed by atoms with van der Waals surface area (Å²) in [6, 6.07) is 4.80. The highest BCUT2D eigenvalue weighted by Gasteiger charge is 2.10. The van der Waals surface area contributed by atoms with Crippen molar-refractivity contribution in [3.05, 3.63) is 34.6 Å². The monoisotopic (exact) mass is 261 g/mol. The summed E-state index contributed by atoms with van der Waals surface area (Å²) in [5.74, 6) is 0.592. The number of nitrogens with one attached hydrogen (secondary N) is 2. The molecule has 0 saturated heterocycles. The Balaban J connectivity index is 2.50. The van der Waals surface area contributed by atoms with Crippen molar-refractivity contribution in [3.8, 4) is 5.75 Å². The molecule has 0 aliphatic heterocycles. The summed E-state index contributed by atoms with van der Waals surface area (Å²) in [5.41, 5.74) is 0.649. The van der Waals surface area contributed by atoms with Crippen molar-refractivity contribution < 1.29 is 9.53 Å². The number of nitrogens with zero attached hydrogens (tertiary/aromatic N) is 1. The van der Waals surface area contributed by atoms with Crippen LogP contribution in [-0.2, 0) is 0 Å². The van der Waals surface area contributed by atoms with Crippen LogP contribution in [0.25, 0.3) is 10.9 Å². The number of H-pyrrole nitrogens is 1. The van der Waals surface area contributed by atoms with E-state index in [-0.39, 0.29) is 17.1 Å². The van der Waals surface area contributed by atoms with E-state index in [0.717, 1.165) is 0 Å². The maximum atomic E-state index is 12.2. The predicted molar refractivity (Wildman–Crippen MR) is 73.8 cm³/mol. The molecule has 1 heterocycles. The van der Waals surface area contributed by atoms with Gasteiger partial charge in [-0.1, -0.05) is 0 Å². The average molecular weight is 261 g/mol. The average Bonchev–Trinajstić information content (AvgIpc) is 2.41. The number of urea groups is 1. The number of methoxy groups -OCH3 is 1. The van der Waals surface area contributed by atoms with Crippen molar-refractivity contribution in [3.63, 3.8) is 0 Å². The Morgan fingerprint density at radius 3 is 2.74 bits per heavy atom. The molecule has 0 unspecified atom stereocenters. The first-order valence-corrected chi connectivity index (χ1v) is 5.70. The molecule has 100 valence electrons. The standard InChI is InChI=1S/C13H15N3O3/c1-16(2)13(18)15-11-7-14-10-5-4-8(19-3)6-9(10)12(11)17/h4-7H,1-3H3,(H,14,17)(H,15,18). The van der Waals surface area contributed by atoms with E-state index in [1.54, 1.807) is 32.3 Å². The molecule has 2 rings (SSSR count). The van der Waals surface area contributed by atoms with Gasteiger partial charge >= 0.3 is 6.03 Å². The third kappa shape index (κ3) is 2.52. The first-order chi connectivity index (χ1) is 9.02. The van der Waals surface area contributed by atoms with Crippen LogP contribution in [-0.4, -0.2) is 37.1 Å². The van der Waals surface area contributed by atoms with Gasteiger partial charge in [0.1, 0.15) is 11.4 Å². The molecule has 6 heteroatoms. The zero-order chi connectivity index (χ0) is 14.0. The number of benzene rings is 1. The molecule has 1 aromatic carbocycles. The maximum absolute atomic E-state index is 12.2. The fourth-order valence-electron chi connectivity index (χ4n) is 1.64. The van der Waals surface area contributed by atoms with Crippen LogP contribution < -0.4 is 15.5 Å². The molecule has 19 heavy (non-hydrogen) atoms. The van der Waals surface area contributed by atoms with Crippen molar-refractivity contribution in [2.24, 2.45) is 0 Å². The first-order valence-electron chi connectivity index (χ1n) is 5.70. The molecule has 0 aliphatic carbocycles. The van der Waals surface area contributed by atoms with Gasteiger partial charge in [0.05, 0.1) is 12.5 Å². The number of fused-ring (bicyclic) bond motifs is 1. The number of rotatable bonds is 2. The van der Waals surface area contributed by atoms with Crippen molar-refractivity contribution >= 4 is 22.6 Å². The van der Waals surface area contributed by atoms with Gasteiger partial charge in [-0.25, -0.2) is 4.79 Å². The van der Waals surface area contributed by atoms with Crippen molar-refractivity contribution in [2.75, 3.05) is 26.5 Å². The lowest BCUT2D eigenvalue weighted by Gasteiger charge is -2.12. The third-order valence-corrected chi connectivity index (χ3v) is 2.74. The lowest BCUT2D eigenvalue weighted by atomic mass is 10.2. The SMILES string of the molecule is COc1ccc2[nH]cc(NC(=O)N(C)C)c(=O)c2c1. The second kappa shape index (κ2) is 5.01. The van der Waals surface area contributed by atoms with Crippen LogP contribution in [0.1, 0.15) is 0 Å². The van der Waals surface area contributed by atoms with E-state index in [0.29, 0.717) is 16.7 Å². The van der Waals surface area contributed by atoms with Crippen molar-refractivity contribution in [1.29, 1.82) is 0 Å². The van der Waals surface area contributed by atoms with Gasteiger partial charge in [0.2, 0.25) is 5.43 Å². The smallest absolute Gasteiger partial charge is 0.321 e. The molecule has 2 amide bonds. The Labute approximate surface area is 110 Å². The Bertz CT molecular complexity index is 676. The summed E-state index contributed by atoms with van der Waals surface area (Å²) in [5, 5.41) is 3.01. The number of pyridine rings is 1.